The van der Waals surface area contributed by atoms with E-state index in [0.717, 1.165) is 12.0 Å². The second-order valence-electron chi connectivity index (χ2n) is 7.98. The fourth-order valence-electron chi connectivity index (χ4n) is 4.82. The summed E-state index contributed by atoms with van der Waals surface area (Å²) in [5.74, 6) is 0.754. The van der Waals surface area contributed by atoms with Crippen molar-refractivity contribution in [3.05, 3.63) is 35.9 Å². The first-order chi connectivity index (χ1) is 12.6. The number of piperazine rings is 1. The van der Waals surface area contributed by atoms with Crippen LogP contribution in [0.2, 0.25) is 0 Å². The van der Waals surface area contributed by atoms with E-state index in [-0.39, 0.29) is 23.9 Å². The molecular weight excluding hydrogens is 328 g/mol. The van der Waals surface area contributed by atoms with Crippen LogP contribution in [0.3, 0.4) is 0 Å². The van der Waals surface area contributed by atoms with E-state index in [0.29, 0.717) is 25.6 Å². The molecule has 3 atom stereocenters. The van der Waals surface area contributed by atoms with Gasteiger partial charge in [-0.05, 0) is 30.7 Å². The molecular formula is C21H28N2O3. The van der Waals surface area contributed by atoms with Gasteiger partial charge < -0.3 is 14.5 Å². The van der Waals surface area contributed by atoms with Crippen LogP contribution in [-0.4, -0.2) is 53.4 Å². The topological polar surface area (TPSA) is 49.9 Å². The number of hydrogen-bond donors (Lipinski definition) is 0. The molecule has 1 saturated carbocycles. The molecule has 1 aliphatic carbocycles. The van der Waals surface area contributed by atoms with Crippen LogP contribution in [0.4, 0.5) is 0 Å². The first-order valence-corrected chi connectivity index (χ1v) is 9.87. The van der Waals surface area contributed by atoms with E-state index in [1.165, 1.54) is 25.7 Å². The first kappa shape index (κ1) is 17.5. The van der Waals surface area contributed by atoms with Crippen LogP contribution in [-0.2, 0) is 14.3 Å². The number of likely N-dealkylation sites (tertiary alicyclic amines) is 2. The van der Waals surface area contributed by atoms with Gasteiger partial charge >= 0.3 is 0 Å². The Balaban J connectivity index is 1.47. The Morgan fingerprint density at radius 2 is 1.73 bits per heavy atom. The number of carbonyl (C=O) groups excluding carboxylic acids is 2. The minimum atomic E-state index is -0.526. The van der Waals surface area contributed by atoms with Crippen LogP contribution in [0, 0.1) is 5.92 Å². The first-order valence-electron chi connectivity index (χ1n) is 9.87. The lowest BCUT2D eigenvalue weighted by Crippen LogP contribution is -2.51. The molecule has 26 heavy (non-hydrogen) atoms. The highest BCUT2D eigenvalue weighted by Gasteiger charge is 2.47. The third kappa shape index (κ3) is 3.37. The van der Waals surface area contributed by atoms with Gasteiger partial charge in [0, 0.05) is 20.0 Å². The van der Waals surface area contributed by atoms with Crippen molar-refractivity contribution in [2.75, 3.05) is 19.7 Å². The molecule has 2 aliphatic heterocycles. The van der Waals surface area contributed by atoms with Gasteiger partial charge in [0.25, 0.3) is 5.91 Å². The average Bonchev–Trinajstić information content (AvgIpc) is 3.39. The minimum absolute atomic E-state index is 0.0601. The third-order valence-electron chi connectivity index (χ3n) is 6.23. The molecule has 1 unspecified atom stereocenters. The molecule has 3 fully saturated rings. The fourth-order valence-corrected chi connectivity index (χ4v) is 4.82. The molecule has 0 spiro atoms. The van der Waals surface area contributed by atoms with E-state index in [1.54, 1.807) is 6.92 Å². The van der Waals surface area contributed by atoms with Gasteiger partial charge in [-0.3, -0.25) is 9.59 Å². The lowest BCUT2D eigenvalue weighted by atomic mass is 10.1. The molecule has 2 saturated heterocycles. The SMILES string of the molecule is CC(=O)N1C[C@@H]2C[C@H]1CN2C(=O)C(OCC1CCCC1)c1ccccc1. The molecule has 2 heterocycles. The summed E-state index contributed by atoms with van der Waals surface area (Å²) in [4.78, 5) is 28.9. The van der Waals surface area contributed by atoms with Gasteiger partial charge in [0.15, 0.2) is 6.10 Å². The van der Waals surface area contributed by atoms with E-state index >= 15 is 0 Å². The van der Waals surface area contributed by atoms with Gasteiger partial charge in [0.1, 0.15) is 0 Å². The predicted octanol–water partition coefficient (Wildman–Crippen LogP) is 2.77. The third-order valence-corrected chi connectivity index (χ3v) is 6.23. The lowest BCUT2D eigenvalue weighted by molar-refractivity contribution is -0.149. The molecule has 2 bridgehead atoms. The molecule has 0 radical (unpaired) electrons. The molecule has 2 amide bonds. The van der Waals surface area contributed by atoms with Crippen molar-refractivity contribution in [2.24, 2.45) is 5.92 Å². The van der Waals surface area contributed by atoms with Gasteiger partial charge in [0.2, 0.25) is 5.91 Å². The zero-order chi connectivity index (χ0) is 18.1. The monoisotopic (exact) mass is 356 g/mol. The van der Waals surface area contributed by atoms with E-state index in [9.17, 15) is 9.59 Å². The number of rotatable bonds is 5. The number of ether oxygens (including phenoxy) is 1. The fraction of sp³-hybridized carbons (Fsp3) is 0.619. The quantitative estimate of drug-likeness (QED) is 0.815. The van der Waals surface area contributed by atoms with E-state index in [2.05, 4.69) is 0 Å². The van der Waals surface area contributed by atoms with Crippen molar-refractivity contribution in [1.82, 2.24) is 9.80 Å². The van der Waals surface area contributed by atoms with Gasteiger partial charge in [-0.1, -0.05) is 43.2 Å². The number of nitrogens with zero attached hydrogens (tertiary/aromatic N) is 2. The standard InChI is InChI=1S/C21H28N2O3/c1-15(24)22-12-19-11-18(22)13-23(19)21(25)20(17-9-3-2-4-10-17)26-14-16-7-5-6-8-16/h2-4,9-10,16,18-20H,5-8,11-14H2,1H3/t18-,19-,20?/m0/s1. The van der Waals surface area contributed by atoms with E-state index in [4.69, 9.17) is 4.74 Å². The van der Waals surface area contributed by atoms with Crippen LogP contribution in [0.1, 0.15) is 50.7 Å². The Kier molecular flexibility index (Phi) is 4.98. The van der Waals surface area contributed by atoms with Gasteiger partial charge in [-0.25, -0.2) is 0 Å². The smallest absolute Gasteiger partial charge is 0.256 e. The Morgan fingerprint density at radius 1 is 1.08 bits per heavy atom. The highest BCUT2D eigenvalue weighted by molar-refractivity contribution is 5.84. The largest absolute Gasteiger partial charge is 0.363 e. The van der Waals surface area contributed by atoms with Gasteiger partial charge in [0.05, 0.1) is 18.7 Å². The summed E-state index contributed by atoms with van der Waals surface area (Å²) in [5.41, 5.74) is 0.932. The van der Waals surface area contributed by atoms with Crippen molar-refractivity contribution in [3.63, 3.8) is 0 Å². The maximum atomic E-state index is 13.3. The second-order valence-corrected chi connectivity index (χ2v) is 7.98. The highest BCUT2D eigenvalue weighted by atomic mass is 16.5. The number of hydrogen-bond acceptors (Lipinski definition) is 3. The Bertz CT molecular complexity index is 656. The van der Waals surface area contributed by atoms with Crippen LogP contribution in [0.25, 0.3) is 0 Å². The zero-order valence-corrected chi connectivity index (χ0v) is 15.5. The van der Waals surface area contributed by atoms with Crippen LogP contribution in [0.5, 0.6) is 0 Å². The van der Waals surface area contributed by atoms with Crippen LogP contribution in [0.15, 0.2) is 30.3 Å². The van der Waals surface area contributed by atoms with Crippen molar-refractivity contribution >= 4 is 11.8 Å². The molecule has 5 nitrogen and oxygen atoms in total. The molecule has 4 rings (SSSR count). The number of benzene rings is 1. The van der Waals surface area contributed by atoms with Gasteiger partial charge in [-0.15, -0.1) is 0 Å². The molecule has 3 aliphatic rings. The Labute approximate surface area is 155 Å². The summed E-state index contributed by atoms with van der Waals surface area (Å²) in [6.07, 6.45) is 5.33. The van der Waals surface area contributed by atoms with Crippen LogP contribution < -0.4 is 0 Å². The predicted molar refractivity (Wildman–Crippen MR) is 98.4 cm³/mol. The second kappa shape index (κ2) is 7.39. The summed E-state index contributed by atoms with van der Waals surface area (Å²) in [5, 5.41) is 0. The number of carbonyl (C=O) groups is 2. The summed E-state index contributed by atoms with van der Waals surface area (Å²) < 4.78 is 6.20. The summed E-state index contributed by atoms with van der Waals surface area (Å²) in [6, 6.07) is 10.2. The summed E-state index contributed by atoms with van der Waals surface area (Å²) in [6.45, 7) is 3.58. The maximum absolute atomic E-state index is 13.3. The molecule has 5 heteroatoms. The summed E-state index contributed by atoms with van der Waals surface area (Å²) in [7, 11) is 0. The molecule has 0 N–H and O–H groups in total. The molecule has 140 valence electrons. The van der Waals surface area contributed by atoms with E-state index < -0.39 is 6.10 Å². The Hall–Kier alpha value is -1.88. The van der Waals surface area contributed by atoms with Crippen molar-refractivity contribution in [3.8, 4) is 0 Å². The van der Waals surface area contributed by atoms with Crippen LogP contribution >= 0.6 is 0 Å². The number of amides is 2. The summed E-state index contributed by atoms with van der Waals surface area (Å²) >= 11 is 0. The van der Waals surface area contributed by atoms with Crippen molar-refractivity contribution in [1.29, 1.82) is 0 Å². The highest BCUT2D eigenvalue weighted by Crippen LogP contribution is 2.34. The minimum Gasteiger partial charge on any atom is -0.363 e. The Morgan fingerprint density at radius 3 is 2.35 bits per heavy atom. The zero-order valence-electron chi connectivity index (χ0n) is 15.5. The lowest BCUT2D eigenvalue weighted by Gasteiger charge is -2.35. The maximum Gasteiger partial charge on any atom is 0.256 e. The van der Waals surface area contributed by atoms with Gasteiger partial charge in [-0.2, -0.15) is 0 Å². The average molecular weight is 356 g/mol. The normalized spacial score (nSPS) is 26.5. The number of fused-ring (bicyclic) bond motifs is 2. The van der Waals surface area contributed by atoms with Crippen molar-refractivity contribution in [2.45, 2.75) is 57.2 Å². The molecule has 0 aromatic heterocycles. The van der Waals surface area contributed by atoms with Crippen molar-refractivity contribution < 1.29 is 14.3 Å². The van der Waals surface area contributed by atoms with E-state index in [1.807, 2.05) is 40.1 Å². The molecule has 1 aromatic rings. The molecule has 1 aromatic carbocycles.